The third-order valence-electron chi connectivity index (χ3n) is 4.70. The summed E-state index contributed by atoms with van der Waals surface area (Å²) < 4.78 is 38.3. The van der Waals surface area contributed by atoms with Gasteiger partial charge >= 0.3 is 0 Å². The molecule has 0 saturated carbocycles. The predicted molar refractivity (Wildman–Crippen MR) is 86.1 cm³/mol. The number of fused-ring (bicyclic) bond motifs is 1. The Balaban J connectivity index is 1.73. The van der Waals surface area contributed by atoms with E-state index in [4.69, 9.17) is 9.15 Å². The molecular formula is C15H23N3O5S. The maximum atomic E-state index is 12.6. The minimum atomic E-state index is -3.58. The summed E-state index contributed by atoms with van der Waals surface area (Å²) in [5, 5.41) is 2.85. The van der Waals surface area contributed by atoms with Crippen LogP contribution < -0.4 is 5.32 Å². The van der Waals surface area contributed by atoms with Gasteiger partial charge in [0.1, 0.15) is 5.76 Å². The first-order valence-electron chi connectivity index (χ1n) is 7.99. The molecule has 0 aromatic carbocycles. The van der Waals surface area contributed by atoms with Crippen LogP contribution in [0.25, 0.3) is 0 Å². The van der Waals surface area contributed by atoms with Gasteiger partial charge in [-0.05, 0) is 18.6 Å². The van der Waals surface area contributed by atoms with Gasteiger partial charge in [0.2, 0.25) is 5.91 Å². The minimum Gasteiger partial charge on any atom is -0.467 e. The number of hydrogen-bond acceptors (Lipinski definition) is 5. The number of piperidine rings is 1. The molecule has 0 bridgehead atoms. The maximum Gasteiger partial charge on any atom is 0.281 e. The molecule has 2 fully saturated rings. The van der Waals surface area contributed by atoms with Crippen LogP contribution >= 0.6 is 0 Å². The van der Waals surface area contributed by atoms with Crippen LogP contribution in [0, 0.1) is 11.8 Å². The molecule has 1 aromatic heterocycles. The lowest BCUT2D eigenvalue weighted by Crippen LogP contribution is -2.56. The van der Waals surface area contributed by atoms with Crippen molar-refractivity contribution in [1.82, 2.24) is 13.9 Å². The topological polar surface area (TPSA) is 92.1 Å². The molecule has 3 heterocycles. The molecule has 1 amide bonds. The van der Waals surface area contributed by atoms with E-state index < -0.39 is 16.1 Å². The Morgan fingerprint density at radius 2 is 2.21 bits per heavy atom. The first-order valence-corrected chi connectivity index (χ1v) is 9.38. The highest BCUT2D eigenvalue weighted by Gasteiger charge is 2.47. The molecule has 0 unspecified atom stereocenters. The van der Waals surface area contributed by atoms with Gasteiger partial charge < -0.3 is 14.5 Å². The van der Waals surface area contributed by atoms with Crippen molar-refractivity contribution in [3.63, 3.8) is 0 Å². The lowest BCUT2D eigenvalue weighted by Gasteiger charge is -2.39. The van der Waals surface area contributed by atoms with Crippen LogP contribution in [0.15, 0.2) is 22.8 Å². The van der Waals surface area contributed by atoms with Crippen molar-refractivity contribution >= 4 is 16.1 Å². The molecule has 8 nitrogen and oxygen atoms in total. The zero-order valence-electron chi connectivity index (χ0n) is 13.8. The number of hydrogen-bond donors (Lipinski definition) is 1. The second-order valence-corrected chi connectivity index (χ2v) is 8.51. The molecule has 3 atom stereocenters. The molecule has 1 N–H and O–H groups in total. The molecule has 9 heteroatoms. The van der Waals surface area contributed by atoms with E-state index in [0.29, 0.717) is 25.5 Å². The van der Waals surface area contributed by atoms with Gasteiger partial charge in [-0.2, -0.15) is 17.0 Å². The molecule has 2 aliphatic heterocycles. The summed E-state index contributed by atoms with van der Waals surface area (Å²) in [6.45, 7) is 1.33. The SMILES string of the molecule is CN(C)S(=O)(=O)N1C[C@H]2OCC[C@H]2[C@H](C(=O)NCc2ccco2)C1. The zero-order chi connectivity index (χ0) is 17.3. The third-order valence-corrected chi connectivity index (χ3v) is 6.58. The monoisotopic (exact) mass is 357 g/mol. The average Bonchev–Trinajstić information content (AvgIpc) is 3.22. The lowest BCUT2D eigenvalue weighted by atomic mass is 9.83. The summed E-state index contributed by atoms with van der Waals surface area (Å²) >= 11 is 0. The average molecular weight is 357 g/mol. The quantitative estimate of drug-likeness (QED) is 0.803. The second kappa shape index (κ2) is 6.83. The number of carbonyl (C=O) groups is 1. The van der Waals surface area contributed by atoms with E-state index >= 15 is 0 Å². The fourth-order valence-electron chi connectivity index (χ4n) is 3.36. The van der Waals surface area contributed by atoms with E-state index in [1.165, 1.54) is 22.7 Å². The van der Waals surface area contributed by atoms with Crippen LogP contribution in [0.1, 0.15) is 12.2 Å². The zero-order valence-corrected chi connectivity index (χ0v) is 14.7. The number of rotatable bonds is 5. The van der Waals surface area contributed by atoms with Gasteiger partial charge in [0.05, 0.1) is 24.8 Å². The second-order valence-electron chi connectivity index (χ2n) is 6.37. The summed E-state index contributed by atoms with van der Waals surface area (Å²) in [6, 6.07) is 3.54. The smallest absolute Gasteiger partial charge is 0.281 e. The van der Waals surface area contributed by atoms with E-state index in [2.05, 4.69) is 5.32 Å². The summed E-state index contributed by atoms with van der Waals surface area (Å²) in [6.07, 6.45) is 2.10. The summed E-state index contributed by atoms with van der Waals surface area (Å²) in [4.78, 5) is 12.6. The van der Waals surface area contributed by atoms with Crippen LogP contribution in [0.5, 0.6) is 0 Å². The van der Waals surface area contributed by atoms with Crippen molar-refractivity contribution < 1.29 is 22.4 Å². The Hall–Kier alpha value is -1.42. The molecule has 3 rings (SSSR count). The van der Waals surface area contributed by atoms with Crippen LogP contribution in [0.3, 0.4) is 0 Å². The number of nitrogens with zero attached hydrogens (tertiary/aromatic N) is 2. The Bertz CT molecular complexity index is 673. The highest BCUT2D eigenvalue weighted by molar-refractivity contribution is 7.86. The highest BCUT2D eigenvalue weighted by atomic mass is 32.2. The van der Waals surface area contributed by atoms with Crippen LogP contribution in [-0.4, -0.2) is 62.8 Å². The molecule has 2 aliphatic rings. The summed E-state index contributed by atoms with van der Waals surface area (Å²) in [5.74, 6) is 0.132. The largest absolute Gasteiger partial charge is 0.467 e. The van der Waals surface area contributed by atoms with E-state index in [9.17, 15) is 13.2 Å². The number of furan rings is 1. The van der Waals surface area contributed by atoms with Gasteiger partial charge in [0, 0.05) is 39.7 Å². The molecule has 0 radical (unpaired) electrons. The first-order chi connectivity index (χ1) is 11.4. The van der Waals surface area contributed by atoms with Crippen LogP contribution in [0.2, 0.25) is 0 Å². The number of nitrogens with one attached hydrogen (secondary N) is 1. The van der Waals surface area contributed by atoms with Crippen molar-refractivity contribution in [3.05, 3.63) is 24.2 Å². The molecule has 0 aliphatic carbocycles. The molecule has 0 spiro atoms. The first kappa shape index (κ1) is 17.4. The van der Waals surface area contributed by atoms with Gasteiger partial charge in [-0.15, -0.1) is 0 Å². The molecule has 2 saturated heterocycles. The Morgan fingerprint density at radius 1 is 1.42 bits per heavy atom. The Morgan fingerprint density at radius 3 is 2.88 bits per heavy atom. The number of amides is 1. The van der Waals surface area contributed by atoms with Crippen molar-refractivity contribution in [3.8, 4) is 0 Å². The molecule has 24 heavy (non-hydrogen) atoms. The van der Waals surface area contributed by atoms with Crippen molar-refractivity contribution in [2.24, 2.45) is 11.8 Å². The van der Waals surface area contributed by atoms with Crippen LogP contribution in [-0.2, 0) is 26.3 Å². The van der Waals surface area contributed by atoms with Crippen molar-refractivity contribution in [1.29, 1.82) is 0 Å². The standard InChI is InChI=1S/C15H23N3O5S/c1-17(2)24(20,21)18-9-13(12-5-7-23-14(12)10-18)15(19)16-8-11-4-3-6-22-11/h3-4,6,12-14H,5,7-10H2,1-2H3,(H,16,19)/t12-,13+,14+/m0/s1. The lowest BCUT2D eigenvalue weighted by molar-refractivity contribution is -0.129. The third kappa shape index (κ3) is 3.34. The number of ether oxygens (including phenoxy) is 1. The molecule has 1 aromatic rings. The van der Waals surface area contributed by atoms with E-state index in [1.807, 2.05) is 0 Å². The minimum absolute atomic E-state index is 0.0511. The predicted octanol–water partition coefficient (Wildman–Crippen LogP) is 0.0391. The van der Waals surface area contributed by atoms with Crippen molar-refractivity contribution in [2.75, 3.05) is 33.8 Å². The Labute approximate surface area is 141 Å². The summed E-state index contributed by atoms with van der Waals surface area (Å²) in [7, 11) is -0.597. The maximum absolute atomic E-state index is 12.6. The van der Waals surface area contributed by atoms with Crippen molar-refractivity contribution in [2.45, 2.75) is 19.1 Å². The fraction of sp³-hybridized carbons (Fsp3) is 0.667. The summed E-state index contributed by atoms with van der Waals surface area (Å²) in [5.41, 5.74) is 0. The van der Waals surface area contributed by atoms with E-state index in [1.54, 1.807) is 18.4 Å². The van der Waals surface area contributed by atoms with E-state index in [0.717, 1.165) is 6.42 Å². The van der Waals surface area contributed by atoms with Crippen LogP contribution in [0.4, 0.5) is 0 Å². The number of carbonyl (C=O) groups excluding carboxylic acids is 1. The fourth-order valence-corrected chi connectivity index (χ4v) is 4.50. The van der Waals surface area contributed by atoms with Gasteiger partial charge in [0.15, 0.2) is 0 Å². The van der Waals surface area contributed by atoms with Gasteiger partial charge in [-0.25, -0.2) is 0 Å². The molecule has 134 valence electrons. The van der Waals surface area contributed by atoms with E-state index in [-0.39, 0.29) is 24.5 Å². The normalized spacial score (nSPS) is 28.0. The van der Waals surface area contributed by atoms with Gasteiger partial charge in [-0.3, -0.25) is 4.79 Å². The van der Waals surface area contributed by atoms with Gasteiger partial charge in [-0.1, -0.05) is 0 Å². The van der Waals surface area contributed by atoms with Gasteiger partial charge in [0.25, 0.3) is 10.2 Å². The Kier molecular flexibility index (Phi) is 4.95. The highest BCUT2D eigenvalue weighted by Crippen LogP contribution is 2.35. The molecular weight excluding hydrogens is 334 g/mol.